The van der Waals surface area contributed by atoms with Gasteiger partial charge in [-0.3, -0.25) is 4.72 Å². The van der Waals surface area contributed by atoms with E-state index in [2.05, 4.69) is 30.3 Å². The predicted octanol–water partition coefficient (Wildman–Crippen LogP) is 4.19. The highest BCUT2D eigenvalue weighted by Gasteiger charge is 2.22. The number of alkyl halides is 1. The van der Waals surface area contributed by atoms with E-state index in [9.17, 15) is 17.2 Å². The highest BCUT2D eigenvalue weighted by Crippen LogP contribution is 2.27. The number of anilines is 2. The summed E-state index contributed by atoms with van der Waals surface area (Å²) in [5.41, 5.74) is 3.42. The predicted molar refractivity (Wildman–Crippen MR) is 140 cm³/mol. The topological polar surface area (TPSA) is 109 Å². The minimum Gasteiger partial charge on any atom is -0.350 e. The minimum absolute atomic E-state index is 0.111. The Bertz CT molecular complexity index is 1540. The van der Waals surface area contributed by atoms with E-state index < -0.39 is 22.0 Å². The molecule has 0 spiro atoms. The maximum absolute atomic E-state index is 14.9. The molecular formula is C26H26F2N6O2S. The van der Waals surface area contributed by atoms with E-state index >= 15 is 0 Å². The average Bonchev–Trinajstić information content (AvgIpc) is 2.86. The van der Waals surface area contributed by atoms with Crippen LogP contribution >= 0.6 is 0 Å². The SMILES string of the molecule is Cc1cc(-c2ccc(NS(=O)(=O)Cc3ccccc3)c(F)c2)nc2cnc(N[C@@H]3CNC[C@@H](F)C3)nc12. The van der Waals surface area contributed by atoms with Crippen molar-refractivity contribution in [3.8, 4) is 11.3 Å². The number of aromatic nitrogens is 3. The van der Waals surface area contributed by atoms with Crippen LogP contribution in [0.3, 0.4) is 0 Å². The molecule has 192 valence electrons. The summed E-state index contributed by atoms with van der Waals surface area (Å²) in [6.07, 6.45) is 1.05. The molecule has 0 amide bonds. The molecule has 2 aromatic heterocycles. The van der Waals surface area contributed by atoms with Crippen molar-refractivity contribution in [2.24, 2.45) is 0 Å². The summed E-state index contributed by atoms with van der Waals surface area (Å²) in [5.74, 6) is -0.580. The zero-order valence-corrected chi connectivity index (χ0v) is 20.9. The number of nitrogens with one attached hydrogen (secondary N) is 3. The highest BCUT2D eigenvalue weighted by atomic mass is 32.2. The fourth-order valence-corrected chi connectivity index (χ4v) is 5.54. The quantitative estimate of drug-likeness (QED) is 0.333. The van der Waals surface area contributed by atoms with E-state index in [0.29, 0.717) is 53.3 Å². The summed E-state index contributed by atoms with van der Waals surface area (Å²) in [5, 5.41) is 6.20. The molecule has 1 fully saturated rings. The number of halogens is 2. The van der Waals surface area contributed by atoms with Gasteiger partial charge in [0, 0.05) is 31.1 Å². The van der Waals surface area contributed by atoms with Gasteiger partial charge in [-0.15, -0.1) is 0 Å². The second kappa shape index (κ2) is 10.3. The monoisotopic (exact) mass is 524 g/mol. The molecule has 1 saturated heterocycles. The molecule has 11 heteroatoms. The van der Waals surface area contributed by atoms with Crippen LogP contribution in [0.25, 0.3) is 22.3 Å². The Morgan fingerprint density at radius 1 is 1.08 bits per heavy atom. The Labute approximate surface area is 213 Å². The molecule has 1 aliphatic rings. The fourth-order valence-electron chi connectivity index (χ4n) is 4.34. The Morgan fingerprint density at radius 3 is 2.65 bits per heavy atom. The third-order valence-corrected chi connectivity index (χ3v) is 7.34. The van der Waals surface area contributed by atoms with Crippen molar-refractivity contribution in [2.45, 2.75) is 31.3 Å². The van der Waals surface area contributed by atoms with Crippen LogP contribution in [0.15, 0.2) is 60.8 Å². The van der Waals surface area contributed by atoms with E-state index in [-0.39, 0.29) is 17.5 Å². The Kier molecular flexibility index (Phi) is 6.98. The lowest BCUT2D eigenvalue weighted by Crippen LogP contribution is -2.44. The van der Waals surface area contributed by atoms with Gasteiger partial charge in [-0.05, 0) is 36.2 Å². The molecule has 3 N–H and O–H groups in total. The van der Waals surface area contributed by atoms with Crippen molar-refractivity contribution < 1.29 is 17.2 Å². The van der Waals surface area contributed by atoms with Crippen LogP contribution < -0.4 is 15.4 Å². The number of sulfonamides is 1. The lowest BCUT2D eigenvalue weighted by molar-refractivity contribution is 0.254. The smallest absolute Gasteiger partial charge is 0.237 e. The number of piperidine rings is 1. The number of fused-ring (bicyclic) bond motifs is 1. The van der Waals surface area contributed by atoms with E-state index in [1.54, 1.807) is 48.7 Å². The number of hydrogen-bond donors (Lipinski definition) is 3. The minimum atomic E-state index is -3.79. The largest absolute Gasteiger partial charge is 0.350 e. The number of nitrogens with zero attached hydrogens (tertiary/aromatic N) is 3. The van der Waals surface area contributed by atoms with Gasteiger partial charge in [-0.2, -0.15) is 0 Å². The van der Waals surface area contributed by atoms with E-state index in [4.69, 9.17) is 0 Å². The highest BCUT2D eigenvalue weighted by molar-refractivity contribution is 7.91. The van der Waals surface area contributed by atoms with Crippen LogP contribution in [0.4, 0.5) is 20.4 Å². The normalized spacial score (nSPS) is 18.0. The van der Waals surface area contributed by atoms with Gasteiger partial charge in [-0.25, -0.2) is 32.2 Å². The van der Waals surface area contributed by atoms with Crippen LogP contribution in [0.2, 0.25) is 0 Å². The Balaban J connectivity index is 1.35. The van der Waals surface area contributed by atoms with Crippen molar-refractivity contribution in [3.63, 3.8) is 0 Å². The number of benzene rings is 2. The molecule has 8 nitrogen and oxygen atoms in total. The molecule has 0 unspecified atom stereocenters. The molecule has 3 heterocycles. The summed E-state index contributed by atoms with van der Waals surface area (Å²) in [6.45, 7) is 2.85. The third-order valence-electron chi connectivity index (χ3n) is 6.10. The van der Waals surface area contributed by atoms with E-state index in [1.807, 2.05) is 6.92 Å². The van der Waals surface area contributed by atoms with Crippen molar-refractivity contribution in [2.75, 3.05) is 23.1 Å². The molecule has 0 radical (unpaired) electrons. The van der Waals surface area contributed by atoms with Gasteiger partial charge in [0.25, 0.3) is 0 Å². The molecule has 0 saturated carbocycles. The summed E-state index contributed by atoms with van der Waals surface area (Å²) < 4.78 is 55.9. The first-order valence-corrected chi connectivity index (χ1v) is 13.5. The second-order valence-corrected chi connectivity index (χ2v) is 10.8. The van der Waals surface area contributed by atoms with Gasteiger partial charge >= 0.3 is 0 Å². The van der Waals surface area contributed by atoms with Crippen LogP contribution in [0, 0.1) is 12.7 Å². The summed E-state index contributed by atoms with van der Waals surface area (Å²) in [7, 11) is -3.79. The van der Waals surface area contributed by atoms with Gasteiger partial charge < -0.3 is 10.6 Å². The standard InChI is InChI=1S/C26H26F2N6O2S/c1-16-9-23(32-24-14-30-26(33-25(16)24)31-20-11-19(27)12-29-13-20)18-7-8-22(21(28)10-18)34-37(35,36)15-17-5-3-2-4-6-17/h2-10,14,19-20,29,34H,11-13,15H2,1H3,(H,30,31,33)/t19-,20-/m0/s1. The number of pyridine rings is 1. The lowest BCUT2D eigenvalue weighted by Gasteiger charge is -2.26. The molecule has 0 bridgehead atoms. The third kappa shape index (κ3) is 6.00. The molecule has 0 aliphatic carbocycles. The van der Waals surface area contributed by atoms with Gasteiger partial charge in [0.1, 0.15) is 17.5 Å². The first kappa shape index (κ1) is 25.0. The van der Waals surface area contributed by atoms with Gasteiger partial charge in [-0.1, -0.05) is 36.4 Å². The molecule has 2 atom stereocenters. The summed E-state index contributed by atoms with van der Waals surface area (Å²) in [6, 6.07) is 14.6. The molecule has 1 aliphatic heterocycles. The first-order chi connectivity index (χ1) is 17.8. The van der Waals surface area contributed by atoms with Crippen molar-refractivity contribution >= 4 is 32.7 Å². The fraction of sp³-hybridized carbons (Fsp3) is 0.269. The molecule has 2 aromatic carbocycles. The Hall–Kier alpha value is -3.70. The van der Waals surface area contributed by atoms with Crippen LogP contribution in [0.5, 0.6) is 0 Å². The number of hydrogen-bond acceptors (Lipinski definition) is 7. The lowest BCUT2D eigenvalue weighted by atomic mass is 10.1. The van der Waals surface area contributed by atoms with E-state index in [1.165, 1.54) is 12.1 Å². The number of rotatable bonds is 7. The zero-order chi connectivity index (χ0) is 26.0. The second-order valence-electron chi connectivity index (χ2n) is 9.13. The maximum Gasteiger partial charge on any atom is 0.237 e. The van der Waals surface area contributed by atoms with Crippen LogP contribution in [-0.4, -0.2) is 48.7 Å². The Morgan fingerprint density at radius 2 is 1.89 bits per heavy atom. The van der Waals surface area contributed by atoms with Crippen LogP contribution in [0.1, 0.15) is 17.5 Å². The first-order valence-electron chi connectivity index (χ1n) is 11.9. The molecule has 4 aromatic rings. The van der Waals surface area contributed by atoms with Gasteiger partial charge in [0.15, 0.2) is 0 Å². The number of aryl methyl sites for hydroxylation is 1. The zero-order valence-electron chi connectivity index (χ0n) is 20.1. The van der Waals surface area contributed by atoms with Crippen LogP contribution in [-0.2, 0) is 15.8 Å². The van der Waals surface area contributed by atoms with E-state index in [0.717, 1.165) is 5.56 Å². The van der Waals surface area contributed by atoms with Gasteiger partial charge in [0.2, 0.25) is 16.0 Å². The van der Waals surface area contributed by atoms with Gasteiger partial charge in [0.05, 0.1) is 28.8 Å². The molecule has 37 heavy (non-hydrogen) atoms. The van der Waals surface area contributed by atoms with Crippen molar-refractivity contribution in [1.82, 2.24) is 20.3 Å². The van der Waals surface area contributed by atoms with Crippen molar-refractivity contribution in [3.05, 3.63) is 77.7 Å². The molecule has 5 rings (SSSR count). The average molecular weight is 525 g/mol. The molecular weight excluding hydrogens is 498 g/mol. The van der Waals surface area contributed by atoms with Crippen molar-refractivity contribution in [1.29, 1.82) is 0 Å². The summed E-state index contributed by atoms with van der Waals surface area (Å²) in [4.78, 5) is 13.4. The summed E-state index contributed by atoms with van der Waals surface area (Å²) >= 11 is 0. The maximum atomic E-state index is 14.9.